The van der Waals surface area contributed by atoms with Crippen LogP contribution in [0.2, 0.25) is 0 Å². The minimum absolute atomic E-state index is 0.0137. The zero-order valence-corrected chi connectivity index (χ0v) is 16.4. The van der Waals surface area contributed by atoms with Crippen LogP contribution in [-0.2, 0) is 20.1 Å². The van der Waals surface area contributed by atoms with Crippen molar-refractivity contribution >= 4 is 10.9 Å². The van der Waals surface area contributed by atoms with Gasteiger partial charge in [-0.05, 0) is 50.4 Å². The van der Waals surface area contributed by atoms with Gasteiger partial charge in [0.1, 0.15) is 5.82 Å². The number of fused-ring (bicyclic) bond motifs is 1. The number of rotatable bonds is 4. The summed E-state index contributed by atoms with van der Waals surface area (Å²) in [6, 6.07) is 8.57. The van der Waals surface area contributed by atoms with E-state index in [1.54, 1.807) is 7.05 Å². The molecule has 0 radical (unpaired) electrons. The Morgan fingerprint density at radius 1 is 1.26 bits per heavy atom. The van der Waals surface area contributed by atoms with Gasteiger partial charge in [-0.25, -0.2) is 9.48 Å². The first-order valence-corrected chi connectivity index (χ1v) is 9.77. The molecule has 0 bridgehead atoms. The van der Waals surface area contributed by atoms with Gasteiger partial charge in [0.25, 0.3) is 0 Å². The summed E-state index contributed by atoms with van der Waals surface area (Å²) < 4.78 is 3.29. The Hall–Kier alpha value is -2.47. The number of pyridine rings is 1. The second kappa shape index (κ2) is 7.27. The van der Waals surface area contributed by atoms with E-state index in [1.165, 1.54) is 21.2 Å². The molecule has 1 aliphatic rings. The number of nitrogens with zero attached hydrogens (tertiary/aromatic N) is 5. The van der Waals surface area contributed by atoms with Gasteiger partial charge in [0.2, 0.25) is 0 Å². The molecule has 0 saturated carbocycles. The first-order chi connectivity index (χ1) is 13.1. The second-order valence-electron chi connectivity index (χ2n) is 7.52. The van der Waals surface area contributed by atoms with Crippen LogP contribution in [-0.4, -0.2) is 37.3 Å². The highest BCUT2D eigenvalue weighted by Gasteiger charge is 2.27. The van der Waals surface area contributed by atoms with Crippen molar-refractivity contribution < 1.29 is 0 Å². The van der Waals surface area contributed by atoms with E-state index in [2.05, 4.69) is 40.1 Å². The van der Waals surface area contributed by atoms with Crippen molar-refractivity contribution in [3.8, 4) is 0 Å². The zero-order valence-electron chi connectivity index (χ0n) is 16.4. The van der Waals surface area contributed by atoms with Crippen LogP contribution in [0.5, 0.6) is 0 Å². The van der Waals surface area contributed by atoms with Gasteiger partial charge in [0, 0.05) is 44.2 Å². The number of aromatic nitrogens is 4. The predicted octanol–water partition coefficient (Wildman–Crippen LogP) is 2.84. The van der Waals surface area contributed by atoms with Crippen LogP contribution in [0.25, 0.3) is 10.9 Å². The molecule has 4 rings (SSSR count). The Kier molecular flexibility index (Phi) is 4.83. The van der Waals surface area contributed by atoms with E-state index in [4.69, 9.17) is 0 Å². The summed E-state index contributed by atoms with van der Waals surface area (Å²) in [5, 5.41) is 5.78. The molecule has 0 aliphatic carbocycles. The maximum absolute atomic E-state index is 12.3. The van der Waals surface area contributed by atoms with E-state index < -0.39 is 0 Å². The molecule has 1 saturated heterocycles. The quantitative estimate of drug-likeness (QED) is 0.713. The van der Waals surface area contributed by atoms with Crippen LogP contribution in [0, 0.1) is 6.92 Å². The van der Waals surface area contributed by atoms with E-state index >= 15 is 0 Å². The SMILES string of the molecule is CCn1c([C@@H]2CCCN(Cc3ccc(C)c4ncccc34)C2)nn(C)c1=O. The summed E-state index contributed by atoms with van der Waals surface area (Å²) in [4.78, 5) is 19.3. The van der Waals surface area contributed by atoms with E-state index in [-0.39, 0.29) is 5.69 Å². The van der Waals surface area contributed by atoms with Gasteiger partial charge >= 0.3 is 5.69 Å². The van der Waals surface area contributed by atoms with Crippen molar-refractivity contribution in [1.82, 2.24) is 24.2 Å². The monoisotopic (exact) mass is 365 g/mol. The van der Waals surface area contributed by atoms with Crippen molar-refractivity contribution in [1.29, 1.82) is 0 Å². The molecule has 27 heavy (non-hydrogen) atoms. The summed E-state index contributed by atoms with van der Waals surface area (Å²) in [6.45, 7) is 7.72. The van der Waals surface area contributed by atoms with Gasteiger partial charge in [-0.3, -0.25) is 14.5 Å². The van der Waals surface area contributed by atoms with Crippen LogP contribution in [0.1, 0.15) is 42.6 Å². The predicted molar refractivity (Wildman–Crippen MR) is 107 cm³/mol. The lowest BCUT2D eigenvalue weighted by molar-refractivity contribution is 0.195. The third-order valence-electron chi connectivity index (χ3n) is 5.68. The maximum atomic E-state index is 12.3. The normalized spacial score (nSPS) is 18.3. The minimum Gasteiger partial charge on any atom is -0.298 e. The largest absolute Gasteiger partial charge is 0.345 e. The highest BCUT2D eigenvalue weighted by Crippen LogP contribution is 2.28. The smallest absolute Gasteiger partial charge is 0.298 e. The van der Waals surface area contributed by atoms with Crippen molar-refractivity contribution in [2.45, 2.75) is 45.7 Å². The van der Waals surface area contributed by atoms with Crippen LogP contribution >= 0.6 is 0 Å². The minimum atomic E-state index is -0.0137. The fourth-order valence-corrected chi connectivity index (χ4v) is 4.28. The number of hydrogen-bond acceptors (Lipinski definition) is 4. The molecule has 6 heteroatoms. The lowest BCUT2D eigenvalue weighted by Gasteiger charge is -2.32. The maximum Gasteiger partial charge on any atom is 0.345 e. The molecule has 142 valence electrons. The number of aryl methyl sites for hydroxylation is 2. The molecule has 1 aromatic carbocycles. The van der Waals surface area contributed by atoms with Crippen molar-refractivity contribution in [2.24, 2.45) is 7.05 Å². The molecule has 0 unspecified atom stereocenters. The molecule has 0 N–H and O–H groups in total. The summed E-state index contributed by atoms with van der Waals surface area (Å²) in [6.07, 6.45) is 4.07. The molecule has 2 aromatic heterocycles. The highest BCUT2D eigenvalue weighted by molar-refractivity contribution is 5.84. The van der Waals surface area contributed by atoms with Crippen molar-refractivity contribution in [3.05, 3.63) is 57.9 Å². The van der Waals surface area contributed by atoms with Gasteiger partial charge in [-0.15, -0.1) is 0 Å². The second-order valence-corrected chi connectivity index (χ2v) is 7.52. The molecule has 3 aromatic rings. The zero-order chi connectivity index (χ0) is 19.0. The van der Waals surface area contributed by atoms with E-state index in [0.717, 1.165) is 43.8 Å². The van der Waals surface area contributed by atoms with Gasteiger partial charge in [-0.2, -0.15) is 5.10 Å². The number of piperidine rings is 1. The third kappa shape index (κ3) is 3.30. The molecule has 1 fully saturated rings. The Balaban J connectivity index is 1.59. The molecule has 1 atom stereocenters. The number of hydrogen-bond donors (Lipinski definition) is 0. The summed E-state index contributed by atoms with van der Waals surface area (Å²) in [5.41, 5.74) is 3.61. The fourth-order valence-electron chi connectivity index (χ4n) is 4.28. The van der Waals surface area contributed by atoms with Gasteiger partial charge < -0.3 is 0 Å². The third-order valence-corrected chi connectivity index (χ3v) is 5.68. The van der Waals surface area contributed by atoms with Crippen LogP contribution in [0.15, 0.2) is 35.3 Å². The van der Waals surface area contributed by atoms with Crippen LogP contribution < -0.4 is 5.69 Å². The molecular formula is C21H27N5O. The number of benzene rings is 1. The van der Waals surface area contributed by atoms with E-state index in [1.807, 2.05) is 23.8 Å². The molecular weight excluding hydrogens is 338 g/mol. The van der Waals surface area contributed by atoms with Crippen LogP contribution in [0.4, 0.5) is 0 Å². The standard InChI is InChI=1S/C21H27N5O/c1-4-26-20(23-24(3)21(26)27)17-7-6-12-25(14-17)13-16-10-9-15(2)19-18(16)8-5-11-22-19/h5,8-11,17H,4,6-7,12-14H2,1-3H3/t17-/m1/s1. The summed E-state index contributed by atoms with van der Waals surface area (Å²) >= 11 is 0. The van der Waals surface area contributed by atoms with E-state index in [9.17, 15) is 4.79 Å². The molecule has 6 nitrogen and oxygen atoms in total. The molecule has 0 amide bonds. The average Bonchev–Trinajstić information content (AvgIpc) is 2.98. The first-order valence-electron chi connectivity index (χ1n) is 9.77. The first kappa shape index (κ1) is 17.9. The Morgan fingerprint density at radius 3 is 2.93 bits per heavy atom. The summed E-state index contributed by atoms with van der Waals surface area (Å²) in [7, 11) is 1.74. The van der Waals surface area contributed by atoms with Gasteiger partial charge in [-0.1, -0.05) is 18.2 Å². The fraction of sp³-hybridized carbons (Fsp3) is 0.476. The lowest BCUT2D eigenvalue weighted by atomic mass is 9.96. The van der Waals surface area contributed by atoms with Gasteiger partial charge in [0.15, 0.2) is 0 Å². The highest BCUT2D eigenvalue weighted by atomic mass is 16.2. The lowest BCUT2D eigenvalue weighted by Crippen LogP contribution is -2.35. The Morgan fingerprint density at radius 2 is 2.11 bits per heavy atom. The van der Waals surface area contributed by atoms with Gasteiger partial charge in [0.05, 0.1) is 5.52 Å². The van der Waals surface area contributed by atoms with E-state index in [0.29, 0.717) is 12.5 Å². The van der Waals surface area contributed by atoms with Crippen LogP contribution in [0.3, 0.4) is 0 Å². The Bertz CT molecular complexity index is 1020. The molecule has 3 heterocycles. The molecule has 0 spiro atoms. The van der Waals surface area contributed by atoms with Crippen molar-refractivity contribution in [2.75, 3.05) is 13.1 Å². The topological polar surface area (TPSA) is 56.0 Å². The number of likely N-dealkylation sites (tertiary alicyclic amines) is 1. The molecule has 1 aliphatic heterocycles. The Labute approximate surface area is 159 Å². The van der Waals surface area contributed by atoms with Crippen molar-refractivity contribution in [3.63, 3.8) is 0 Å². The average molecular weight is 365 g/mol. The summed E-state index contributed by atoms with van der Waals surface area (Å²) in [5.74, 6) is 1.24.